The third kappa shape index (κ3) is 5.40. The fourth-order valence-electron chi connectivity index (χ4n) is 3.41. The van der Waals surface area contributed by atoms with Gasteiger partial charge in [-0.15, -0.1) is 10.2 Å². The molecule has 9 nitrogen and oxygen atoms in total. The highest BCUT2D eigenvalue weighted by atomic mass is 35.5. The summed E-state index contributed by atoms with van der Waals surface area (Å²) in [5.41, 5.74) is 1.31. The minimum Gasteiger partial charge on any atom is -0.497 e. The molecule has 4 rings (SSSR count). The summed E-state index contributed by atoms with van der Waals surface area (Å²) in [5.74, 6) is 1.13. The first kappa shape index (κ1) is 22.9. The molecule has 33 heavy (non-hydrogen) atoms. The molecule has 1 aromatic heterocycles. The zero-order valence-corrected chi connectivity index (χ0v) is 19.5. The molecule has 1 saturated heterocycles. The van der Waals surface area contributed by atoms with Crippen molar-refractivity contribution in [2.24, 2.45) is 0 Å². The lowest BCUT2D eigenvalue weighted by molar-refractivity contribution is -0.117. The second kappa shape index (κ2) is 10.1. The van der Waals surface area contributed by atoms with E-state index in [0.29, 0.717) is 40.3 Å². The lowest BCUT2D eigenvalue weighted by atomic mass is 10.1. The van der Waals surface area contributed by atoms with E-state index in [9.17, 15) is 9.59 Å². The summed E-state index contributed by atoms with van der Waals surface area (Å²) in [6.07, 6.45) is 0.242. The average Bonchev–Trinajstić information content (AvgIpc) is 3.44. The molecular formula is C22H21ClN4O5S. The van der Waals surface area contributed by atoms with Gasteiger partial charge in [-0.25, -0.2) is 0 Å². The molecule has 1 atom stereocenters. The van der Waals surface area contributed by atoms with Gasteiger partial charge in [0.05, 0.1) is 30.9 Å². The SMILES string of the molecule is COc1cccc(NC(=O)CSc2nnc(C3CC(=O)N(c4ccc(OC)c(Cl)c4)C3)o2)c1. The number of rotatable bonds is 8. The molecule has 1 aliphatic heterocycles. The second-order valence-electron chi connectivity index (χ2n) is 7.20. The number of hydrogen-bond donors (Lipinski definition) is 1. The highest BCUT2D eigenvalue weighted by Gasteiger charge is 2.35. The van der Waals surface area contributed by atoms with Crippen molar-refractivity contribution >= 4 is 46.6 Å². The highest BCUT2D eigenvalue weighted by Crippen LogP contribution is 2.35. The maximum atomic E-state index is 12.6. The van der Waals surface area contributed by atoms with E-state index in [-0.39, 0.29) is 35.1 Å². The predicted octanol–water partition coefficient (Wildman–Crippen LogP) is 3.99. The van der Waals surface area contributed by atoms with Crippen LogP contribution in [0.15, 0.2) is 52.1 Å². The number of benzene rings is 2. The minimum absolute atomic E-state index is 0.0636. The molecular weight excluding hydrogens is 468 g/mol. The Kier molecular flexibility index (Phi) is 7.05. The van der Waals surface area contributed by atoms with E-state index in [1.165, 1.54) is 7.11 Å². The summed E-state index contributed by atoms with van der Waals surface area (Å²) in [5, 5.41) is 11.6. The van der Waals surface area contributed by atoms with Crippen molar-refractivity contribution in [3.05, 3.63) is 53.4 Å². The van der Waals surface area contributed by atoms with Crippen LogP contribution in [0.2, 0.25) is 5.02 Å². The van der Waals surface area contributed by atoms with E-state index in [2.05, 4.69) is 15.5 Å². The molecule has 3 aromatic rings. The molecule has 1 N–H and O–H groups in total. The summed E-state index contributed by atoms with van der Waals surface area (Å²) < 4.78 is 16.0. The monoisotopic (exact) mass is 488 g/mol. The Morgan fingerprint density at radius 1 is 1.24 bits per heavy atom. The molecule has 1 fully saturated rings. The van der Waals surface area contributed by atoms with E-state index in [1.807, 2.05) is 0 Å². The summed E-state index contributed by atoms with van der Waals surface area (Å²) in [4.78, 5) is 26.4. The average molecular weight is 489 g/mol. The van der Waals surface area contributed by atoms with Crippen molar-refractivity contribution in [1.82, 2.24) is 10.2 Å². The Hall–Kier alpha value is -3.24. The fourth-order valence-corrected chi connectivity index (χ4v) is 4.24. The van der Waals surface area contributed by atoms with E-state index in [1.54, 1.807) is 54.5 Å². The Balaban J connectivity index is 1.34. The van der Waals surface area contributed by atoms with E-state index in [0.717, 1.165) is 11.8 Å². The lowest BCUT2D eigenvalue weighted by Crippen LogP contribution is -2.24. The van der Waals surface area contributed by atoms with Crippen molar-refractivity contribution in [2.75, 3.05) is 36.7 Å². The molecule has 0 bridgehead atoms. The number of carbonyl (C=O) groups excluding carboxylic acids is 2. The Labute approximate surface area is 199 Å². The molecule has 0 radical (unpaired) electrons. The minimum atomic E-state index is -0.245. The molecule has 2 amide bonds. The summed E-state index contributed by atoms with van der Waals surface area (Å²) in [6.45, 7) is 0.393. The van der Waals surface area contributed by atoms with Crippen molar-refractivity contribution in [3.63, 3.8) is 0 Å². The molecule has 1 unspecified atom stereocenters. The summed E-state index contributed by atoms with van der Waals surface area (Å²) >= 11 is 7.32. The third-order valence-electron chi connectivity index (χ3n) is 5.02. The lowest BCUT2D eigenvalue weighted by Gasteiger charge is -2.17. The summed E-state index contributed by atoms with van der Waals surface area (Å²) in [6, 6.07) is 12.3. The van der Waals surface area contributed by atoms with Crippen LogP contribution in [-0.4, -0.2) is 48.5 Å². The molecule has 2 heterocycles. The number of amides is 2. The number of anilines is 2. The van der Waals surface area contributed by atoms with E-state index < -0.39 is 0 Å². The van der Waals surface area contributed by atoms with Crippen LogP contribution in [0.5, 0.6) is 11.5 Å². The standard InChI is InChI=1S/C22H21ClN4O5S/c1-30-16-5-3-4-14(9-16)24-19(28)12-33-22-26-25-21(32-22)13-8-20(29)27(11-13)15-6-7-18(31-2)17(23)10-15/h3-7,9-10,13H,8,11-12H2,1-2H3,(H,24,28). The van der Waals surface area contributed by atoms with Crippen LogP contribution in [0.1, 0.15) is 18.2 Å². The largest absolute Gasteiger partial charge is 0.497 e. The van der Waals surface area contributed by atoms with E-state index >= 15 is 0 Å². The van der Waals surface area contributed by atoms with Crippen LogP contribution in [0.3, 0.4) is 0 Å². The Morgan fingerprint density at radius 3 is 2.85 bits per heavy atom. The Bertz CT molecular complexity index is 1170. The zero-order valence-electron chi connectivity index (χ0n) is 17.9. The highest BCUT2D eigenvalue weighted by molar-refractivity contribution is 7.99. The first-order chi connectivity index (χ1) is 16.0. The van der Waals surface area contributed by atoms with Gasteiger partial charge in [0.25, 0.3) is 5.22 Å². The first-order valence-corrected chi connectivity index (χ1v) is 11.4. The van der Waals surface area contributed by atoms with Gasteiger partial charge in [-0.3, -0.25) is 9.59 Å². The van der Waals surface area contributed by atoms with Gasteiger partial charge in [0.15, 0.2) is 0 Å². The molecule has 172 valence electrons. The van der Waals surface area contributed by atoms with Gasteiger partial charge in [-0.05, 0) is 30.3 Å². The molecule has 0 spiro atoms. The quantitative estimate of drug-likeness (QED) is 0.474. The second-order valence-corrected chi connectivity index (χ2v) is 8.53. The number of nitrogens with zero attached hydrogens (tertiary/aromatic N) is 3. The van der Waals surface area contributed by atoms with Crippen LogP contribution in [-0.2, 0) is 9.59 Å². The molecule has 11 heteroatoms. The van der Waals surface area contributed by atoms with Crippen LogP contribution in [0.4, 0.5) is 11.4 Å². The number of carbonyl (C=O) groups is 2. The zero-order chi connectivity index (χ0) is 23.4. The molecule has 0 saturated carbocycles. The van der Waals surface area contributed by atoms with Crippen molar-refractivity contribution < 1.29 is 23.5 Å². The van der Waals surface area contributed by atoms with E-state index in [4.69, 9.17) is 25.5 Å². The fraction of sp³-hybridized carbons (Fsp3) is 0.273. The predicted molar refractivity (Wildman–Crippen MR) is 124 cm³/mol. The number of ether oxygens (including phenoxy) is 2. The Morgan fingerprint density at radius 2 is 2.09 bits per heavy atom. The smallest absolute Gasteiger partial charge is 0.277 e. The number of thioether (sulfide) groups is 1. The molecule has 2 aromatic carbocycles. The number of nitrogens with one attached hydrogen (secondary N) is 1. The van der Waals surface area contributed by atoms with Crippen LogP contribution < -0.4 is 19.7 Å². The van der Waals surface area contributed by atoms with Gasteiger partial charge in [-0.1, -0.05) is 29.4 Å². The first-order valence-electron chi connectivity index (χ1n) is 10.0. The van der Waals surface area contributed by atoms with Gasteiger partial charge in [0, 0.05) is 30.4 Å². The number of methoxy groups -OCH3 is 2. The number of hydrogen-bond acceptors (Lipinski definition) is 8. The maximum Gasteiger partial charge on any atom is 0.277 e. The maximum absolute atomic E-state index is 12.6. The van der Waals surface area contributed by atoms with Gasteiger partial charge in [0.1, 0.15) is 11.5 Å². The van der Waals surface area contributed by atoms with Crippen LogP contribution in [0, 0.1) is 0 Å². The van der Waals surface area contributed by atoms with Gasteiger partial charge < -0.3 is 24.1 Å². The van der Waals surface area contributed by atoms with Gasteiger partial charge >= 0.3 is 0 Å². The molecule has 0 aliphatic carbocycles. The number of halogens is 1. The summed E-state index contributed by atoms with van der Waals surface area (Å²) in [7, 11) is 3.10. The van der Waals surface area contributed by atoms with Crippen molar-refractivity contribution in [1.29, 1.82) is 0 Å². The third-order valence-corrected chi connectivity index (χ3v) is 6.14. The number of aromatic nitrogens is 2. The van der Waals surface area contributed by atoms with Gasteiger partial charge in [0.2, 0.25) is 17.7 Å². The van der Waals surface area contributed by atoms with Crippen LogP contribution >= 0.6 is 23.4 Å². The molecule has 1 aliphatic rings. The topological polar surface area (TPSA) is 107 Å². The normalized spacial score (nSPS) is 15.5. The van der Waals surface area contributed by atoms with Crippen molar-refractivity contribution in [2.45, 2.75) is 17.6 Å². The van der Waals surface area contributed by atoms with Gasteiger partial charge in [-0.2, -0.15) is 0 Å². The van der Waals surface area contributed by atoms with Crippen molar-refractivity contribution in [3.8, 4) is 11.5 Å². The van der Waals surface area contributed by atoms with Crippen LogP contribution in [0.25, 0.3) is 0 Å².